The number of alkyl halides is 3. The fourth-order valence-electron chi connectivity index (χ4n) is 2.53. The second kappa shape index (κ2) is 8.80. The predicted octanol–water partition coefficient (Wildman–Crippen LogP) is 3.83. The lowest BCUT2D eigenvalue weighted by atomic mass is 10.1. The monoisotopic (exact) mass is 437 g/mol. The molecule has 0 spiro atoms. The van der Waals surface area contributed by atoms with Crippen molar-refractivity contribution in [1.29, 1.82) is 0 Å². The minimum atomic E-state index is -4.63. The number of rotatable bonds is 7. The SMILES string of the molecule is Cc1ccc(-c2ccc(OCCNS(=O)(=O)c3cccc(C(F)(F)F)c3)nn2)cc1. The normalized spacial score (nSPS) is 12.0. The van der Waals surface area contributed by atoms with Gasteiger partial charge >= 0.3 is 6.18 Å². The summed E-state index contributed by atoms with van der Waals surface area (Å²) in [6.45, 7) is 1.75. The van der Waals surface area contributed by atoms with Gasteiger partial charge < -0.3 is 4.74 Å². The van der Waals surface area contributed by atoms with Crippen molar-refractivity contribution in [2.24, 2.45) is 0 Å². The molecule has 0 amide bonds. The molecule has 3 aromatic rings. The van der Waals surface area contributed by atoms with E-state index in [1.54, 1.807) is 12.1 Å². The van der Waals surface area contributed by atoms with E-state index in [4.69, 9.17) is 4.74 Å². The van der Waals surface area contributed by atoms with Gasteiger partial charge in [0.05, 0.1) is 16.2 Å². The van der Waals surface area contributed by atoms with E-state index in [1.807, 2.05) is 31.2 Å². The Labute approximate surface area is 171 Å². The van der Waals surface area contributed by atoms with Crippen LogP contribution in [0, 0.1) is 6.92 Å². The van der Waals surface area contributed by atoms with Crippen LogP contribution in [0.25, 0.3) is 11.3 Å². The molecule has 1 heterocycles. The zero-order valence-corrected chi connectivity index (χ0v) is 16.7. The molecule has 0 unspecified atom stereocenters. The summed E-state index contributed by atoms with van der Waals surface area (Å²) in [6, 6.07) is 14.6. The van der Waals surface area contributed by atoms with Gasteiger partial charge in [-0.25, -0.2) is 13.1 Å². The van der Waals surface area contributed by atoms with Crippen LogP contribution in [0.4, 0.5) is 13.2 Å². The summed E-state index contributed by atoms with van der Waals surface area (Å²) in [5, 5.41) is 8.00. The third-order valence-corrected chi connectivity index (χ3v) is 5.56. The van der Waals surface area contributed by atoms with Crippen molar-refractivity contribution in [3.63, 3.8) is 0 Å². The fourth-order valence-corrected chi connectivity index (χ4v) is 3.59. The minimum absolute atomic E-state index is 0.0727. The van der Waals surface area contributed by atoms with E-state index in [2.05, 4.69) is 14.9 Å². The second-order valence-electron chi connectivity index (χ2n) is 6.39. The van der Waals surface area contributed by atoms with E-state index < -0.39 is 26.7 Å². The number of aryl methyl sites for hydroxylation is 1. The Bertz CT molecular complexity index is 1100. The molecule has 1 N–H and O–H groups in total. The fraction of sp³-hybridized carbons (Fsp3) is 0.200. The first-order valence-electron chi connectivity index (χ1n) is 8.86. The van der Waals surface area contributed by atoms with E-state index in [0.29, 0.717) is 11.8 Å². The summed E-state index contributed by atoms with van der Waals surface area (Å²) in [5.74, 6) is 0.198. The van der Waals surface area contributed by atoms with Crippen molar-refractivity contribution in [1.82, 2.24) is 14.9 Å². The van der Waals surface area contributed by atoms with Crippen molar-refractivity contribution in [3.05, 3.63) is 71.8 Å². The molecule has 0 fully saturated rings. The zero-order chi connectivity index (χ0) is 21.8. The van der Waals surface area contributed by atoms with Crippen LogP contribution in [0.15, 0.2) is 65.6 Å². The summed E-state index contributed by atoms with van der Waals surface area (Å²) < 4.78 is 70.2. The van der Waals surface area contributed by atoms with Crippen molar-refractivity contribution >= 4 is 10.0 Å². The van der Waals surface area contributed by atoms with Gasteiger partial charge in [-0.1, -0.05) is 35.9 Å². The lowest BCUT2D eigenvalue weighted by Gasteiger charge is -2.10. The molecule has 2 aromatic carbocycles. The highest BCUT2D eigenvalue weighted by Crippen LogP contribution is 2.30. The summed E-state index contributed by atoms with van der Waals surface area (Å²) in [4.78, 5) is -0.473. The molecular formula is C20H18F3N3O3S. The molecule has 3 rings (SSSR count). The zero-order valence-electron chi connectivity index (χ0n) is 15.8. The van der Waals surface area contributed by atoms with Gasteiger partial charge in [-0.05, 0) is 31.2 Å². The Hall–Kier alpha value is -2.98. The maximum atomic E-state index is 12.8. The summed E-state index contributed by atoms with van der Waals surface area (Å²) in [6.07, 6.45) is -4.63. The molecule has 0 atom stereocenters. The van der Waals surface area contributed by atoms with Crippen LogP contribution in [0.1, 0.15) is 11.1 Å². The topological polar surface area (TPSA) is 81.2 Å². The first-order chi connectivity index (χ1) is 14.1. The van der Waals surface area contributed by atoms with Crippen LogP contribution in [-0.2, 0) is 16.2 Å². The van der Waals surface area contributed by atoms with Gasteiger partial charge in [0.15, 0.2) is 0 Å². The molecule has 0 radical (unpaired) electrons. The Morgan fingerprint density at radius 3 is 2.37 bits per heavy atom. The van der Waals surface area contributed by atoms with Crippen molar-refractivity contribution in [2.45, 2.75) is 18.0 Å². The lowest BCUT2D eigenvalue weighted by Crippen LogP contribution is -2.28. The molecule has 0 bridgehead atoms. The standard InChI is InChI=1S/C20H18F3N3O3S/c1-14-5-7-15(8-6-14)18-9-10-19(26-25-18)29-12-11-24-30(27,28)17-4-2-3-16(13-17)20(21,22)23/h2-10,13,24H,11-12H2,1H3. The van der Waals surface area contributed by atoms with E-state index in [9.17, 15) is 21.6 Å². The molecule has 0 saturated carbocycles. The number of halogens is 3. The number of benzene rings is 2. The Morgan fingerprint density at radius 2 is 1.73 bits per heavy atom. The van der Waals surface area contributed by atoms with Crippen LogP contribution in [0.2, 0.25) is 0 Å². The van der Waals surface area contributed by atoms with Gasteiger partial charge in [0.2, 0.25) is 15.9 Å². The first kappa shape index (κ1) is 21.7. The number of aromatic nitrogens is 2. The van der Waals surface area contributed by atoms with Crippen LogP contribution in [0.5, 0.6) is 5.88 Å². The summed E-state index contributed by atoms with van der Waals surface area (Å²) in [5.41, 5.74) is 1.64. The maximum Gasteiger partial charge on any atom is 0.416 e. The Kier molecular flexibility index (Phi) is 6.37. The number of ether oxygens (including phenoxy) is 1. The van der Waals surface area contributed by atoms with Gasteiger partial charge in [0, 0.05) is 18.2 Å². The predicted molar refractivity (Wildman–Crippen MR) is 104 cm³/mol. The van der Waals surface area contributed by atoms with Crippen LogP contribution in [0.3, 0.4) is 0 Å². The number of sulfonamides is 1. The largest absolute Gasteiger partial charge is 0.475 e. The molecule has 30 heavy (non-hydrogen) atoms. The highest BCUT2D eigenvalue weighted by atomic mass is 32.2. The highest BCUT2D eigenvalue weighted by Gasteiger charge is 2.31. The molecule has 10 heteroatoms. The minimum Gasteiger partial charge on any atom is -0.475 e. The number of nitrogens with zero attached hydrogens (tertiary/aromatic N) is 2. The Balaban J connectivity index is 1.55. The highest BCUT2D eigenvalue weighted by molar-refractivity contribution is 7.89. The molecule has 6 nitrogen and oxygen atoms in total. The average Bonchev–Trinajstić information content (AvgIpc) is 2.72. The Morgan fingerprint density at radius 1 is 1.00 bits per heavy atom. The van der Waals surface area contributed by atoms with Crippen molar-refractivity contribution in [2.75, 3.05) is 13.2 Å². The molecule has 1 aromatic heterocycles. The van der Waals surface area contributed by atoms with Gasteiger partial charge in [-0.3, -0.25) is 0 Å². The molecule has 0 aliphatic rings. The summed E-state index contributed by atoms with van der Waals surface area (Å²) >= 11 is 0. The van der Waals surface area contributed by atoms with Crippen LogP contribution in [-0.4, -0.2) is 31.8 Å². The van der Waals surface area contributed by atoms with Crippen molar-refractivity contribution in [3.8, 4) is 17.1 Å². The van der Waals surface area contributed by atoms with E-state index in [1.165, 1.54) is 0 Å². The third-order valence-electron chi connectivity index (χ3n) is 4.10. The number of nitrogens with one attached hydrogen (secondary N) is 1. The van der Waals surface area contributed by atoms with Gasteiger partial charge in [0.25, 0.3) is 0 Å². The molecule has 0 aliphatic carbocycles. The van der Waals surface area contributed by atoms with E-state index in [0.717, 1.165) is 29.3 Å². The third kappa shape index (κ3) is 5.55. The van der Waals surface area contributed by atoms with Gasteiger partial charge in [-0.2, -0.15) is 13.2 Å². The quantitative estimate of drug-likeness (QED) is 0.569. The smallest absolute Gasteiger partial charge is 0.416 e. The van der Waals surface area contributed by atoms with E-state index >= 15 is 0 Å². The second-order valence-corrected chi connectivity index (χ2v) is 8.16. The maximum absolute atomic E-state index is 12.8. The molecular weight excluding hydrogens is 419 g/mol. The number of hydrogen-bond donors (Lipinski definition) is 1. The van der Waals surface area contributed by atoms with Gasteiger partial charge in [0.1, 0.15) is 6.61 Å². The van der Waals surface area contributed by atoms with Crippen LogP contribution < -0.4 is 9.46 Å². The lowest BCUT2D eigenvalue weighted by molar-refractivity contribution is -0.137. The molecule has 0 saturated heterocycles. The number of hydrogen-bond acceptors (Lipinski definition) is 5. The summed E-state index contributed by atoms with van der Waals surface area (Å²) in [7, 11) is -4.11. The average molecular weight is 437 g/mol. The molecule has 0 aliphatic heterocycles. The van der Waals surface area contributed by atoms with Crippen LogP contribution >= 0.6 is 0 Å². The van der Waals surface area contributed by atoms with E-state index in [-0.39, 0.29) is 19.0 Å². The van der Waals surface area contributed by atoms with Crippen molar-refractivity contribution < 1.29 is 26.3 Å². The van der Waals surface area contributed by atoms with Gasteiger partial charge in [-0.15, -0.1) is 10.2 Å². The first-order valence-corrected chi connectivity index (χ1v) is 10.3. The molecule has 158 valence electrons.